The molecule has 0 aliphatic carbocycles. The predicted octanol–water partition coefficient (Wildman–Crippen LogP) is 2.83. The van der Waals surface area contributed by atoms with Gasteiger partial charge in [0.2, 0.25) is 0 Å². The van der Waals surface area contributed by atoms with E-state index in [4.69, 9.17) is 4.42 Å². The lowest BCUT2D eigenvalue weighted by molar-refractivity contribution is 0.0749. The number of carbonyl (C=O) groups is 1. The van der Waals surface area contributed by atoms with Crippen LogP contribution in [-0.2, 0) is 13.1 Å². The highest BCUT2D eigenvalue weighted by atomic mass is 16.3. The molecule has 1 aliphatic rings. The van der Waals surface area contributed by atoms with Gasteiger partial charge in [0.1, 0.15) is 5.69 Å². The predicted molar refractivity (Wildman–Crippen MR) is 76.3 cm³/mol. The number of fused-ring (bicyclic) bond motifs is 1. The van der Waals surface area contributed by atoms with Gasteiger partial charge in [0, 0.05) is 11.1 Å². The molecule has 0 saturated carbocycles. The van der Waals surface area contributed by atoms with Crippen molar-refractivity contribution in [2.45, 2.75) is 13.1 Å². The Morgan fingerprint density at radius 1 is 1.14 bits per heavy atom. The number of benzene rings is 1. The molecule has 3 heterocycles. The Kier molecular flexibility index (Phi) is 2.64. The van der Waals surface area contributed by atoms with Gasteiger partial charge in [0.15, 0.2) is 5.76 Å². The zero-order valence-corrected chi connectivity index (χ0v) is 11.2. The van der Waals surface area contributed by atoms with Gasteiger partial charge in [-0.15, -0.1) is 0 Å². The number of carbonyl (C=O) groups excluding carboxylic acids is 1. The molecule has 2 aromatic heterocycles. The van der Waals surface area contributed by atoms with Crippen molar-refractivity contribution in [2.24, 2.45) is 0 Å². The number of furan rings is 1. The van der Waals surface area contributed by atoms with Crippen molar-refractivity contribution in [3.63, 3.8) is 0 Å². The maximum Gasteiger partial charge on any atom is 0.254 e. The molecule has 21 heavy (non-hydrogen) atoms. The Bertz CT molecular complexity index is 775. The third kappa shape index (κ3) is 1.94. The molecular formula is C16H13N3O2. The highest BCUT2D eigenvalue weighted by molar-refractivity contribution is 5.94. The van der Waals surface area contributed by atoms with Crippen LogP contribution in [0.25, 0.3) is 11.5 Å². The molecule has 0 atom stereocenters. The normalized spacial score (nSPS) is 13.4. The van der Waals surface area contributed by atoms with Gasteiger partial charge in [0.25, 0.3) is 5.91 Å². The monoisotopic (exact) mass is 279 g/mol. The molecule has 5 heteroatoms. The third-order valence-electron chi connectivity index (χ3n) is 3.71. The van der Waals surface area contributed by atoms with Crippen molar-refractivity contribution < 1.29 is 9.21 Å². The van der Waals surface area contributed by atoms with Crippen LogP contribution in [-0.4, -0.2) is 21.0 Å². The minimum atomic E-state index is 0.0330. The molecule has 0 spiro atoms. The summed E-state index contributed by atoms with van der Waals surface area (Å²) >= 11 is 0. The van der Waals surface area contributed by atoms with Crippen LogP contribution in [0, 0.1) is 0 Å². The number of hydrogen-bond donors (Lipinski definition) is 1. The SMILES string of the molecule is O=C(c1ccccc1)N1Cc2[nH]nc(-c3ccco3)c2C1. The minimum absolute atomic E-state index is 0.0330. The van der Waals surface area contributed by atoms with Crippen molar-refractivity contribution in [1.29, 1.82) is 0 Å². The number of H-pyrrole nitrogens is 1. The van der Waals surface area contributed by atoms with E-state index in [1.807, 2.05) is 47.4 Å². The van der Waals surface area contributed by atoms with Crippen LogP contribution < -0.4 is 0 Å². The Labute approximate surface area is 121 Å². The largest absolute Gasteiger partial charge is 0.463 e. The molecule has 5 nitrogen and oxygen atoms in total. The summed E-state index contributed by atoms with van der Waals surface area (Å²) in [4.78, 5) is 14.3. The van der Waals surface area contributed by atoms with Crippen molar-refractivity contribution >= 4 is 5.91 Å². The summed E-state index contributed by atoms with van der Waals surface area (Å²) in [6.45, 7) is 1.10. The van der Waals surface area contributed by atoms with E-state index in [-0.39, 0.29) is 5.91 Å². The van der Waals surface area contributed by atoms with E-state index in [0.29, 0.717) is 18.7 Å². The Balaban J connectivity index is 1.62. The molecule has 0 unspecified atom stereocenters. The van der Waals surface area contributed by atoms with Gasteiger partial charge in [-0.2, -0.15) is 5.10 Å². The van der Waals surface area contributed by atoms with Gasteiger partial charge in [0.05, 0.1) is 25.0 Å². The third-order valence-corrected chi connectivity index (χ3v) is 3.71. The first kappa shape index (κ1) is 12.0. The van der Waals surface area contributed by atoms with Crippen molar-refractivity contribution in [2.75, 3.05) is 0 Å². The van der Waals surface area contributed by atoms with Crippen LogP contribution in [0.4, 0.5) is 0 Å². The fraction of sp³-hybridized carbons (Fsp3) is 0.125. The maximum absolute atomic E-state index is 12.5. The average molecular weight is 279 g/mol. The fourth-order valence-electron chi connectivity index (χ4n) is 2.66. The lowest BCUT2D eigenvalue weighted by atomic mass is 10.2. The summed E-state index contributed by atoms with van der Waals surface area (Å²) in [6.07, 6.45) is 1.62. The maximum atomic E-state index is 12.5. The van der Waals surface area contributed by atoms with Crippen LogP contribution in [0.15, 0.2) is 53.1 Å². The lowest BCUT2D eigenvalue weighted by Gasteiger charge is -2.15. The highest BCUT2D eigenvalue weighted by Gasteiger charge is 2.29. The zero-order valence-electron chi connectivity index (χ0n) is 11.2. The molecule has 0 bridgehead atoms. The standard InChI is InChI=1S/C16H13N3O2/c20-16(11-5-2-1-3-6-11)19-9-12-13(10-19)17-18-15(12)14-7-4-8-21-14/h1-8H,9-10H2,(H,17,18). The van der Waals surface area contributed by atoms with Crippen LogP contribution in [0.3, 0.4) is 0 Å². The molecule has 4 rings (SSSR count). The summed E-state index contributed by atoms with van der Waals surface area (Å²) < 4.78 is 5.40. The molecule has 0 fully saturated rings. The van der Waals surface area contributed by atoms with Crippen LogP contribution >= 0.6 is 0 Å². The van der Waals surface area contributed by atoms with Gasteiger partial charge in [-0.3, -0.25) is 9.89 Å². The topological polar surface area (TPSA) is 62.1 Å². The lowest BCUT2D eigenvalue weighted by Crippen LogP contribution is -2.25. The number of aromatic amines is 1. The number of hydrogen-bond acceptors (Lipinski definition) is 3. The fourth-order valence-corrected chi connectivity index (χ4v) is 2.66. The summed E-state index contributed by atoms with van der Waals surface area (Å²) in [6, 6.07) is 13.0. The smallest absolute Gasteiger partial charge is 0.254 e. The molecule has 0 radical (unpaired) electrons. The summed E-state index contributed by atoms with van der Waals surface area (Å²) in [7, 11) is 0. The van der Waals surface area contributed by atoms with Crippen LogP contribution in [0.5, 0.6) is 0 Å². The van der Waals surface area contributed by atoms with Crippen molar-refractivity contribution in [1.82, 2.24) is 15.1 Å². The van der Waals surface area contributed by atoms with Crippen molar-refractivity contribution in [3.8, 4) is 11.5 Å². The second kappa shape index (κ2) is 4.63. The van der Waals surface area contributed by atoms with Gasteiger partial charge in [-0.05, 0) is 24.3 Å². The quantitative estimate of drug-likeness (QED) is 0.784. The first-order valence-corrected chi connectivity index (χ1v) is 6.77. The van der Waals surface area contributed by atoms with E-state index >= 15 is 0 Å². The van der Waals surface area contributed by atoms with E-state index < -0.39 is 0 Å². The molecule has 3 aromatic rings. The Morgan fingerprint density at radius 3 is 2.76 bits per heavy atom. The second-order valence-electron chi connectivity index (χ2n) is 5.03. The number of amides is 1. The van der Waals surface area contributed by atoms with E-state index in [1.54, 1.807) is 6.26 Å². The van der Waals surface area contributed by atoms with Crippen molar-refractivity contribution in [3.05, 3.63) is 65.5 Å². The Hall–Kier alpha value is -2.82. The molecule has 1 aromatic carbocycles. The van der Waals surface area contributed by atoms with Gasteiger partial charge in [-0.1, -0.05) is 18.2 Å². The average Bonchev–Trinajstić information content (AvgIpc) is 3.23. The highest BCUT2D eigenvalue weighted by Crippen LogP contribution is 2.31. The first-order chi connectivity index (χ1) is 10.3. The van der Waals surface area contributed by atoms with Gasteiger partial charge in [-0.25, -0.2) is 0 Å². The van der Waals surface area contributed by atoms with Crippen LogP contribution in [0.1, 0.15) is 21.6 Å². The van der Waals surface area contributed by atoms with E-state index in [1.165, 1.54) is 0 Å². The van der Waals surface area contributed by atoms with E-state index in [9.17, 15) is 4.79 Å². The number of nitrogens with zero attached hydrogens (tertiary/aromatic N) is 2. The number of rotatable bonds is 2. The van der Waals surface area contributed by atoms with E-state index in [2.05, 4.69) is 10.2 Å². The number of nitrogens with one attached hydrogen (secondary N) is 1. The Morgan fingerprint density at radius 2 is 2.00 bits per heavy atom. The van der Waals surface area contributed by atoms with Gasteiger partial charge >= 0.3 is 0 Å². The summed E-state index contributed by atoms with van der Waals surface area (Å²) in [5.41, 5.74) is 3.51. The molecule has 0 saturated heterocycles. The molecular weight excluding hydrogens is 266 g/mol. The first-order valence-electron chi connectivity index (χ1n) is 6.77. The number of aromatic nitrogens is 2. The van der Waals surface area contributed by atoms with E-state index in [0.717, 1.165) is 22.7 Å². The van der Waals surface area contributed by atoms with Crippen LogP contribution in [0.2, 0.25) is 0 Å². The summed E-state index contributed by atoms with van der Waals surface area (Å²) in [5, 5.41) is 7.30. The zero-order chi connectivity index (χ0) is 14.2. The summed E-state index contributed by atoms with van der Waals surface area (Å²) in [5.74, 6) is 0.757. The minimum Gasteiger partial charge on any atom is -0.463 e. The molecule has 1 amide bonds. The van der Waals surface area contributed by atoms with Gasteiger partial charge < -0.3 is 9.32 Å². The molecule has 1 aliphatic heterocycles. The second-order valence-corrected chi connectivity index (χ2v) is 5.03. The molecule has 1 N–H and O–H groups in total. The molecule has 104 valence electrons.